The number of ether oxygens (including phenoxy) is 1. The summed E-state index contributed by atoms with van der Waals surface area (Å²) in [5.41, 5.74) is 0.818. The molecular formula is C19H26N2O4. The minimum absolute atomic E-state index is 0.467. The van der Waals surface area contributed by atoms with Gasteiger partial charge in [-0.05, 0) is 52.2 Å². The smallest absolute Gasteiger partial charge is 0.335 e. The molecule has 2 heterocycles. The zero-order valence-corrected chi connectivity index (χ0v) is 15.1. The van der Waals surface area contributed by atoms with Gasteiger partial charge in [0.2, 0.25) is 5.89 Å². The topological polar surface area (TPSA) is 85.5 Å². The lowest BCUT2D eigenvalue weighted by atomic mass is 10.1. The fourth-order valence-corrected chi connectivity index (χ4v) is 2.42. The van der Waals surface area contributed by atoms with Crippen LogP contribution in [-0.2, 0) is 16.0 Å². The molecule has 0 atom stereocenters. The summed E-state index contributed by atoms with van der Waals surface area (Å²) in [4.78, 5) is 19.5. The molecule has 0 aliphatic carbocycles. The summed E-state index contributed by atoms with van der Waals surface area (Å²) in [5, 5.41) is 8.97. The van der Waals surface area contributed by atoms with Gasteiger partial charge in [0.25, 0.3) is 0 Å². The first-order valence-electron chi connectivity index (χ1n) is 8.64. The zero-order valence-electron chi connectivity index (χ0n) is 15.1. The van der Waals surface area contributed by atoms with Crippen molar-refractivity contribution in [1.82, 2.24) is 9.97 Å². The number of aliphatic carboxylic acids is 1. The van der Waals surface area contributed by atoms with Gasteiger partial charge in [0, 0.05) is 24.6 Å². The van der Waals surface area contributed by atoms with Crippen molar-refractivity contribution in [3.63, 3.8) is 0 Å². The molecule has 2 rings (SSSR count). The summed E-state index contributed by atoms with van der Waals surface area (Å²) in [7, 11) is 0. The number of carboxylic acid groups (broad SMARTS) is 1. The molecule has 6 heteroatoms. The van der Waals surface area contributed by atoms with Crippen molar-refractivity contribution in [2.75, 3.05) is 6.61 Å². The van der Waals surface area contributed by atoms with Gasteiger partial charge in [0.1, 0.15) is 5.76 Å². The average Bonchev–Trinajstić information content (AvgIpc) is 2.95. The molecule has 0 saturated carbocycles. The molecule has 25 heavy (non-hydrogen) atoms. The van der Waals surface area contributed by atoms with Crippen LogP contribution in [0.2, 0.25) is 0 Å². The molecule has 2 aromatic heterocycles. The second kappa shape index (κ2) is 8.76. The van der Waals surface area contributed by atoms with Gasteiger partial charge < -0.3 is 14.3 Å². The first-order valence-corrected chi connectivity index (χ1v) is 8.64. The number of aromatic nitrogens is 2. The fourth-order valence-electron chi connectivity index (χ4n) is 2.42. The monoisotopic (exact) mass is 346 g/mol. The number of oxazole rings is 1. The predicted molar refractivity (Wildman–Crippen MR) is 94.3 cm³/mol. The lowest BCUT2D eigenvalue weighted by Crippen LogP contribution is -2.35. The van der Waals surface area contributed by atoms with Crippen LogP contribution in [0, 0.1) is 6.92 Å². The summed E-state index contributed by atoms with van der Waals surface area (Å²) in [6.45, 7) is 5.55. The van der Waals surface area contributed by atoms with E-state index in [1.54, 1.807) is 26.2 Å². The second-order valence-corrected chi connectivity index (χ2v) is 6.59. The van der Waals surface area contributed by atoms with E-state index in [0.29, 0.717) is 12.5 Å². The van der Waals surface area contributed by atoms with Crippen LogP contribution < -0.4 is 0 Å². The van der Waals surface area contributed by atoms with Gasteiger partial charge in [-0.25, -0.2) is 9.78 Å². The number of rotatable bonds is 10. The quantitative estimate of drug-likeness (QED) is 0.654. The highest BCUT2D eigenvalue weighted by molar-refractivity contribution is 5.76. The van der Waals surface area contributed by atoms with Crippen molar-refractivity contribution < 1.29 is 19.1 Å². The largest absolute Gasteiger partial charge is 0.479 e. The maximum absolute atomic E-state index is 10.9. The number of carbonyl (C=O) groups is 1. The summed E-state index contributed by atoms with van der Waals surface area (Å²) >= 11 is 0. The molecule has 0 aliphatic rings. The number of unbranched alkanes of at least 4 members (excludes halogenated alkanes) is 3. The van der Waals surface area contributed by atoms with E-state index in [1.165, 1.54) is 0 Å². The Balaban J connectivity index is 1.69. The Labute approximate surface area is 148 Å². The zero-order chi connectivity index (χ0) is 18.3. The minimum atomic E-state index is -1.11. The van der Waals surface area contributed by atoms with Crippen molar-refractivity contribution >= 4 is 5.97 Å². The first kappa shape index (κ1) is 19.1. The van der Waals surface area contributed by atoms with Crippen LogP contribution >= 0.6 is 0 Å². The SMILES string of the molecule is Cc1oc(-c2ccncc2)nc1CCCCCCOC(C)(C)C(=O)O. The molecule has 0 radical (unpaired) electrons. The third-order valence-electron chi connectivity index (χ3n) is 4.11. The minimum Gasteiger partial charge on any atom is -0.479 e. The fraction of sp³-hybridized carbons (Fsp3) is 0.526. The molecule has 6 nitrogen and oxygen atoms in total. The van der Waals surface area contributed by atoms with Gasteiger partial charge in [-0.15, -0.1) is 0 Å². The number of pyridine rings is 1. The average molecular weight is 346 g/mol. The molecule has 0 fully saturated rings. The van der Waals surface area contributed by atoms with Crippen LogP contribution in [0.15, 0.2) is 28.9 Å². The second-order valence-electron chi connectivity index (χ2n) is 6.59. The molecular weight excluding hydrogens is 320 g/mol. The van der Waals surface area contributed by atoms with Crippen LogP contribution in [0.3, 0.4) is 0 Å². The molecule has 0 amide bonds. The van der Waals surface area contributed by atoms with E-state index >= 15 is 0 Å². The number of hydrogen-bond donors (Lipinski definition) is 1. The Kier molecular flexibility index (Phi) is 6.70. The maximum Gasteiger partial charge on any atom is 0.335 e. The third kappa shape index (κ3) is 5.67. The van der Waals surface area contributed by atoms with Crippen LogP contribution in [0.1, 0.15) is 51.0 Å². The van der Waals surface area contributed by atoms with E-state index in [9.17, 15) is 4.79 Å². The first-order chi connectivity index (χ1) is 11.9. The highest BCUT2D eigenvalue weighted by Gasteiger charge is 2.27. The van der Waals surface area contributed by atoms with Crippen molar-refractivity contribution in [2.24, 2.45) is 0 Å². The van der Waals surface area contributed by atoms with Gasteiger partial charge in [-0.2, -0.15) is 0 Å². The van der Waals surface area contributed by atoms with Crippen LogP contribution in [0.4, 0.5) is 0 Å². The predicted octanol–water partition coefficient (Wildman–Crippen LogP) is 4.03. The molecule has 0 unspecified atom stereocenters. The molecule has 1 N–H and O–H groups in total. The van der Waals surface area contributed by atoms with E-state index < -0.39 is 11.6 Å². The summed E-state index contributed by atoms with van der Waals surface area (Å²) < 4.78 is 11.1. The Hall–Kier alpha value is -2.21. The van der Waals surface area contributed by atoms with Gasteiger partial charge in [-0.3, -0.25) is 4.98 Å². The van der Waals surface area contributed by atoms with Gasteiger partial charge in [-0.1, -0.05) is 12.8 Å². The maximum atomic E-state index is 10.9. The molecule has 2 aromatic rings. The summed E-state index contributed by atoms with van der Waals surface area (Å²) in [6, 6.07) is 3.77. The molecule has 0 aliphatic heterocycles. The van der Waals surface area contributed by atoms with Crippen LogP contribution in [0.25, 0.3) is 11.5 Å². The Morgan fingerprint density at radius 1 is 1.20 bits per heavy atom. The van der Waals surface area contributed by atoms with E-state index in [1.807, 2.05) is 19.1 Å². The normalized spacial score (nSPS) is 11.6. The lowest BCUT2D eigenvalue weighted by Gasteiger charge is -2.19. The Morgan fingerprint density at radius 2 is 1.88 bits per heavy atom. The van der Waals surface area contributed by atoms with E-state index in [4.69, 9.17) is 14.3 Å². The molecule has 0 spiro atoms. The molecule has 0 saturated heterocycles. The number of hydrogen-bond acceptors (Lipinski definition) is 5. The number of carboxylic acids is 1. The van der Waals surface area contributed by atoms with Gasteiger partial charge in [0.15, 0.2) is 5.60 Å². The highest BCUT2D eigenvalue weighted by atomic mass is 16.5. The van der Waals surface area contributed by atoms with Crippen molar-refractivity contribution in [2.45, 2.75) is 58.5 Å². The van der Waals surface area contributed by atoms with Crippen LogP contribution in [0.5, 0.6) is 0 Å². The Bertz CT molecular complexity index is 680. The van der Waals surface area contributed by atoms with Crippen molar-refractivity contribution in [3.8, 4) is 11.5 Å². The molecule has 0 aromatic carbocycles. The van der Waals surface area contributed by atoms with Gasteiger partial charge in [0.05, 0.1) is 5.69 Å². The number of nitrogens with zero attached hydrogens (tertiary/aromatic N) is 2. The van der Waals surface area contributed by atoms with Crippen molar-refractivity contribution in [1.29, 1.82) is 0 Å². The third-order valence-corrected chi connectivity index (χ3v) is 4.11. The van der Waals surface area contributed by atoms with E-state index in [2.05, 4.69) is 9.97 Å². The molecule has 136 valence electrons. The van der Waals surface area contributed by atoms with E-state index in [-0.39, 0.29) is 0 Å². The lowest BCUT2D eigenvalue weighted by molar-refractivity contribution is -0.161. The van der Waals surface area contributed by atoms with Crippen LogP contribution in [-0.4, -0.2) is 33.3 Å². The van der Waals surface area contributed by atoms with E-state index in [0.717, 1.165) is 49.1 Å². The standard InChI is InChI=1S/C19H26N2O4/c1-14-16(21-17(25-14)15-9-11-20-12-10-15)8-6-4-5-7-13-24-19(2,3)18(22)23/h9-12H,4-8,13H2,1-3H3,(H,22,23). The van der Waals surface area contributed by atoms with Gasteiger partial charge >= 0.3 is 5.97 Å². The summed E-state index contributed by atoms with van der Waals surface area (Å²) in [5.74, 6) is 0.566. The Morgan fingerprint density at radius 3 is 2.56 bits per heavy atom. The van der Waals surface area contributed by atoms with Crippen molar-refractivity contribution in [3.05, 3.63) is 36.0 Å². The number of aryl methyl sites for hydroxylation is 2. The molecule has 0 bridgehead atoms. The highest BCUT2D eigenvalue weighted by Crippen LogP contribution is 2.22. The summed E-state index contributed by atoms with van der Waals surface area (Å²) in [6.07, 6.45) is 8.26.